The number of aromatic nitrogens is 4. The average Bonchev–Trinajstić information content (AvgIpc) is 3.28. The summed E-state index contributed by atoms with van der Waals surface area (Å²) in [6.45, 7) is 3.98. The van der Waals surface area contributed by atoms with E-state index in [4.69, 9.17) is 0 Å². The molecule has 0 unspecified atom stereocenters. The van der Waals surface area contributed by atoms with E-state index in [1.54, 1.807) is 29.2 Å². The minimum Gasteiger partial charge on any atom is -0.322 e. The molecule has 0 aliphatic rings. The van der Waals surface area contributed by atoms with Gasteiger partial charge in [0.25, 0.3) is 5.91 Å². The number of rotatable bonds is 4. The standard InChI is InChI=1S/C20H18FN5O/c1-12(2)19-17(11-23-26(19)16-6-3-14(21)4-7-16)20(27)24-15-5-8-18-13(9-15)10-22-25-18/h3-12H,1-2H3,(H,22,25)(H,24,27). The Hall–Kier alpha value is -3.48. The van der Waals surface area contributed by atoms with Gasteiger partial charge in [-0.3, -0.25) is 9.89 Å². The van der Waals surface area contributed by atoms with Crippen molar-refractivity contribution < 1.29 is 9.18 Å². The van der Waals surface area contributed by atoms with E-state index in [0.717, 1.165) is 16.6 Å². The summed E-state index contributed by atoms with van der Waals surface area (Å²) in [6, 6.07) is 11.6. The van der Waals surface area contributed by atoms with Crippen LogP contribution in [0.25, 0.3) is 16.6 Å². The van der Waals surface area contributed by atoms with Crippen molar-refractivity contribution in [3.05, 3.63) is 71.9 Å². The number of nitrogens with zero attached hydrogens (tertiary/aromatic N) is 3. The van der Waals surface area contributed by atoms with Gasteiger partial charge >= 0.3 is 0 Å². The molecular weight excluding hydrogens is 345 g/mol. The van der Waals surface area contributed by atoms with Crippen molar-refractivity contribution in [2.45, 2.75) is 19.8 Å². The van der Waals surface area contributed by atoms with Crippen LogP contribution < -0.4 is 5.32 Å². The third-order valence-electron chi connectivity index (χ3n) is 4.37. The number of hydrogen-bond donors (Lipinski definition) is 2. The molecule has 2 aromatic carbocycles. The first kappa shape index (κ1) is 17.0. The Morgan fingerprint density at radius 2 is 1.93 bits per heavy atom. The van der Waals surface area contributed by atoms with Crippen molar-refractivity contribution in [3.8, 4) is 5.69 Å². The summed E-state index contributed by atoms with van der Waals surface area (Å²) in [4.78, 5) is 12.9. The minimum atomic E-state index is -0.315. The van der Waals surface area contributed by atoms with Crippen molar-refractivity contribution in [3.63, 3.8) is 0 Å². The lowest BCUT2D eigenvalue weighted by molar-refractivity contribution is 0.102. The lowest BCUT2D eigenvalue weighted by atomic mass is 10.0. The lowest BCUT2D eigenvalue weighted by Gasteiger charge is -2.13. The summed E-state index contributed by atoms with van der Waals surface area (Å²) >= 11 is 0. The summed E-state index contributed by atoms with van der Waals surface area (Å²) in [5, 5.41) is 15.1. The van der Waals surface area contributed by atoms with Crippen LogP contribution in [-0.2, 0) is 0 Å². The molecule has 7 heteroatoms. The van der Waals surface area contributed by atoms with Gasteiger partial charge in [0.2, 0.25) is 0 Å². The largest absolute Gasteiger partial charge is 0.322 e. The molecule has 0 saturated heterocycles. The Kier molecular flexibility index (Phi) is 4.19. The van der Waals surface area contributed by atoms with Crippen LogP contribution in [-0.4, -0.2) is 25.9 Å². The van der Waals surface area contributed by atoms with Gasteiger partial charge in [0, 0.05) is 11.1 Å². The molecule has 0 aliphatic heterocycles. The molecule has 2 heterocycles. The Balaban J connectivity index is 1.68. The van der Waals surface area contributed by atoms with Gasteiger partial charge in [0.1, 0.15) is 5.82 Å². The molecule has 4 aromatic rings. The molecule has 4 rings (SSSR count). The van der Waals surface area contributed by atoms with Gasteiger partial charge in [-0.2, -0.15) is 10.2 Å². The first-order valence-electron chi connectivity index (χ1n) is 8.61. The predicted molar refractivity (Wildman–Crippen MR) is 102 cm³/mol. The van der Waals surface area contributed by atoms with E-state index in [9.17, 15) is 9.18 Å². The molecule has 2 N–H and O–H groups in total. The van der Waals surface area contributed by atoms with Crippen molar-refractivity contribution in [1.82, 2.24) is 20.0 Å². The van der Waals surface area contributed by atoms with Crippen LogP contribution in [0.2, 0.25) is 0 Å². The quantitative estimate of drug-likeness (QED) is 0.569. The number of hydrogen-bond acceptors (Lipinski definition) is 3. The maximum Gasteiger partial charge on any atom is 0.259 e. The molecule has 0 atom stereocenters. The Labute approximate surface area is 155 Å². The van der Waals surface area contributed by atoms with Crippen molar-refractivity contribution in [1.29, 1.82) is 0 Å². The van der Waals surface area contributed by atoms with Crippen LogP contribution >= 0.6 is 0 Å². The summed E-state index contributed by atoms with van der Waals surface area (Å²) < 4.78 is 14.9. The highest BCUT2D eigenvalue weighted by molar-refractivity contribution is 6.05. The van der Waals surface area contributed by atoms with E-state index in [0.29, 0.717) is 16.9 Å². The second-order valence-corrected chi connectivity index (χ2v) is 6.61. The molecule has 0 fully saturated rings. The maximum atomic E-state index is 13.2. The van der Waals surface area contributed by atoms with Crippen molar-refractivity contribution in [2.24, 2.45) is 0 Å². The molecule has 136 valence electrons. The predicted octanol–water partition coefficient (Wildman–Crippen LogP) is 4.26. The maximum absolute atomic E-state index is 13.2. The highest BCUT2D eigenvalue weighted by Gasteiger charge is 2.21. The van der Waals surface area contributed by atoms with Gasteiger partial charge in [-0.1, -0.05) is 13.8 Å². The number of carbonyl (C=O) groups is 1. The first-order valence-corrected chi connectivity index (χ1v) is 8.61. The zero-order chi connectivity index (χ0) is 19.0. The zero-order valence-corrected chi connectivity index (χ0v) is 14.9. The Bertz CT molecular complexity index is 1110. The van der Waals surface area contributed by atoms with Gasteiger partial charge in [-0.15, -0.1) is 0 Å². The van der Waals surface area contributed by atoms with E-state index in [2.05, 4.69) is 20.6 Å². The monoisotopic (exact) mass is 363 g/mol. The van der Waals surface area contributed by atoms with Crippen LogP contribution in [0, 0.1) is 5.82 Å². The summed E-state index contributed by atoms with van der Waals surface area (Å²) in [6.07, 6.45) is 3.25. The third kappa shape index (κ3) is 3.19. The molecular formula is C20H18FN5O. The third-order valence-corrected chi connectivity index (χ3v) is 4.37. The summed E-state index contributed by atoms with van der Waals surface area (Å²) in [5.74, 6) is -0.505. The molecule has 0 bridgehead atoms. The van der Waals surface area contributed by atoms with E-state index in [1.807, 2.05) is 32.0 Å². The number of halogens is 1. The minimum absolute atomic E-state index is 0.0506. The van der Waals surface area contributed by atoms with Gasteiger partial charge < -0.3 is 5.32 Å². The fraction of sp³-hybridized carbons (Fsp3) is 0.150. The second kappa shape index (κ2) is 6.68. The van der Waals surface area contributed by atoms with Gasteiger partial charge in [-0.05, 0) is 48.4 Å². The van der Waals surface area contributed by atoms with E-state index in [1.165, 1.54) is 12.1 Å². The van der Waals surface area contributed by atoms with E-state index >= 15 is 0 Å². The van der Waals surface area contributed by atoms with Crippen molar-refractivity contribution >= 4 is 22.5 Å². The summed E-state index contributed by atoms with van der Waals surface area (Å²) in [7, 11) is 0. The molecule has 6 nitrogen and oxygen atoms in total. The van der Waals surface area contributed by atoms with Crippen LogP contribution in [0.1, 0.15) is 35.8 Å². The van der Waals surface area contributed by atoms with Crippen LogP contribution in [0.15, 0.2) is 54.9 Å². The first-order chi connectivity index (χ1) is 13.0. The average molecular weight is 363 g/mol. The van der Waals surface area contributed by atoms with Crippen molar-refractivity contribution in [2.75, 3.05) is 5.32 Å². The Morgan fingerprint density at radius 3 is 2.67 bits per heavy atom. The number of amides is 1. The van der Waals surface area contributed by atoms with E-state index < -0.39 is 0 Å². The number of H-pyrrole nitrogens is 1. The fourth-order valence-electron chi connectivity index (χ4n) is 3.10. The highest BCUT2D eigenvalue weighted by Crippen LogP contribution is 2.25. The number of anilines is 1. The number of carbonyl (C=O) groups excluding carboxylic acids is 1. The number of aromatic amines is 1. The zero-order valence-electron chi connectivity index (χ0n) is 14.9. The summed E-state index contributed by atoms with van der Waals surface area (Å²) in [5.41, 5.74) is 3.54. The van der Waals surface area contributed by atoms with Crippen LogP contribution in [0.3, 0.4) is 0 Å². The molecule has 0 aliphatic carbocycles. The van der Waals surface area contributed by atoms with Gasteiger partial charge in [-0.25, -0.2) is 9.07 Å². The number of fused-ring (bicyclic) bond motifs is 1. The molecule has 27 heavy (non-hydrogen) atoms. The normalized spacial score (nSPS) is 11.3. The topological polar surface area (TPSA) is 75.6 Å². The van der Waals surface area contributed by atoms with Crippen LogP contribution in [0.4, 0.5) is 10.1 Å². The number of nitrogens with one attached hydrogen (secondary N) is 2. The Morgan fingerprint density at radius 1 is 1.15 bits per heavy atom. The van der Waals surface area contributed by atoms with Crippen LogP contribution in [0.5, 0.6) is 0 Å². The SMILES string of the molecule is CC(C)c1c(C(=O)Nc2ccc3[nH]ncc3c2)cnn1-c1ccc(F)cc1. The number of benzene rings is 2. The van der Waals surface area contributed by atoms with E-state index in [-0.39, 0.29) is 17.6 Å². The fourth-order valence-corrected chi connectivity index (χ4v) is 3.10. The molecule has 1 amide bonds. The molecule has 0 spiro atoms. The van der Waals surface area contributed by atoms with Gasteiger partial charge in [0.15, 0.2) is 0 Å². The lowest BCUT2D eigenvalue weighted by Crippen LogP contribution is -2.15. The smallest absolute Gasteiger partial charge is 0.259 e. The second-order valence-electron chi connectivity index (χ2n) is 6.61. The van der Waals surface area contributed by atoms with Gasteiger partial charge in [0.05, 0.1) is 34.9 Å². The molecule has 0 radical (unpaired) electrons. The molecule has 2 aromatic heterocycles. The highest BCUT2D eigenvalue weighted by atomic mass is 19.1. The molecule has 0 saturated carbocycles.